The molecular formula is C13H15N5. The van der Waals surface area contributed by atoms with Crippen molar-refractivity contribution in [2.75, 3.05) is 18.0 Å². The molecule has 3 rings (SSSR count). The molecule has 3 heterocycles. The van der Waals surface area contributed by atoms with E-state index in [-0.39, 0.29) is 0 Å². The van der Waals surface area contributed by atoms with E-state index in [1.807, 2.05) is 24.5 Å². The summed E-state index contributed by atoms with van der Waals surface area (Å²) in [5, 5.41) is 0. The Bertz CT molecular complexity index is 432. The molecule has 2 aromatic rings. The van der Waals surface area contributed by atoms with Gasteiger partial charge in [0, 0.05) is 43.8 Å². The molecule has 1 aliphatic heterocycles. The van der Waals surface area contributed by atoms with Crippen molar-refractivity contribution in [3.05, 3.63) is 42.7 Å². The van der Waals surface area contributed by atoms with Gasteiger partial charge in [0.25, 0.3) is 0 Å². The van der Waals surface area contributed by atoms with E-state index in [4.69, 9.17) is 0 Å². The lowest BCUT2D eigenvalue weighted by molar-refractivity contribution is 0.480. The molecule has 1 fully saturated rings. The van der Waals surface area contributed by atoms with Crippen LogP contribution in [0.4, 0.5) is 5.95 Å². The van der Waals surface area contributed by atoms with Crippen molar-refractivity contribution >= 4 is 5.95 Å². The molecule has 0 amide bonds. The Morgan fingerprint density at radius 2 is 1.39 bits per heavy atom. The first-order valence-corrected chi connectivity index (χ1v) is 6.22. The van der Waals surface area contributed by atoms with E-state index in [0.717, 1.165) is 37.7 Å². The van der Waals surface area contributed by atoms with Crippen molar-refractivity contribution in [1.82, 2.24) is 19.9 Å². The smallest absolute Gasteiger partial charge is 0.225 e. The third kappa shape index (κ3) is 2.30. The van der Waals surface area contributed by atoms with Crippen LogP contribution < -0.4 is 4.90 Å². The molecule has 92 valence electrons. The molecular weight excluding hydrogens is 226 g/mol. The highest BCUT2D eigenvalue weighted by Gasteiger charge is 2.23. The third-order valence-corrected chi connectivity index (χ3v) is 3.28. The van der Waals surface area contributed by atoms with Crippen LogP contribution in [-0.2, 0) is 0 Å². The van der Waals surface area contributed by atoms with Gasteiger partial charge in [0.1, 0.15) is 5.82 Å². The first kappa shape index (κ1) is 11.1. The minimum atomic E-state index is 0.464. The Balaban J connectivity index is 1.65. The summed E-state index contributed by atoms with van der Waals surface area (Å²) >= 11 is 0. The first-order chi connectivity index (χ1) is 8.93. The van der Waals surface area contributed by atoms with Crippen LogP contribution in [-0.4, -0.2) is 33.0 Å². The van der Waals surface area contributed by atoms with E-state index in [9.17, 15) is 0 Å². The Morgan fingerprint density at radius 1 is 0.833 bits per heavy atom. The highest BCUT2D eigenvalue weighted by molar-refractivity contribution is 5.29. The summed E-state index contributed by atoms with van der Waals surface area (Å²) in [4.78, 5) is 19.5. The van der Waals surface area contributed by atoms with E-state index in [1.54, 1.807) is 12.4 Å². The summed E-state index contributed by atoms with van der Waals surface area (Å²) in [5.74, 6) is 2.25. The molecule has 1 aliphatic rings. The van der Waals surface area contributed by atoms with E-state index in [0.29, 0.717) is 5.92 Å². The average Bonchev–Trinajstić information content (AvgIpc) is 2.49. The Hall–Kier alpha value is -2.04. The fraction of sp³-hybridized carbons (Fsp3) is 0.385. The average molecular weight is 241 g/mol. The molecule has 0 radical (unpaired) electrons. The molecule has 0 bridgehead atoms. The van der Waals surface area contributed by atoms with Crippen LogP contribution >= 0.6 is 0 Å². The second kappa shape index (κ2) is 5.08. The molecule has 0 unspecified atom stereocenters. The maximum absolute atomic E-state index is 4.34. The van der Waals surface area contributed by atoms with Gasteiger partial charge in [0.2, 0.25) is 5.95 Å². The molecule has 0 saturated carbocycles. The number of rotatable bonds is 2. The molecule has 2 aromatic heterocycles. The zero-order valence-electron chi connectivity index (χ0n) is 10.1. The normalized spacial score (nSPS) is 16.8. The maximum atomic E-state index is 4.34. The number of anilines is 1. The highest BCUT2D eigenvalue weighted by atomic mass is 15.2. The largest absolute Gasteiger partial charge is 0.341 e. The summed E-state index contributed by atoms with van der Waals surface area (Å²) in [6.07, 6.45) is 9.32. The van der Waals surface area contributed by atoms with Crippen molar-refractivity contribution in [3.63, 3.8) is 0 Å². The Labute approximate surface area is 106 Å². The van der Waals surface area contributed by atoms with Crippen molar-refractivity contribution < 1.29 is 0 Å². The fourth-order valence-corrected chi connectivity index (χ4v) is 2.31. The second-order valence-electron chi connectivity index (χ2n) is 4.42. The summed E-state index contributed by atoms with van der Waals surface area (Å²) in [5.41, 5.74) is 0. The molecule has 0 N–H and O–H groups in total. The van der Waals surface area contributed by atoms with Crippen LogP contribution in [0, 0.1) is 0 Å². The lowest BCUT2D eigenvalue weighted by atomic mass is 9.96. The number of aromatic nitrogens is 4. The SMILES string of the molecule is c1cnc(C2CCN(c3ncccn3)CC2)nc1. The van der Waals surface area contributed by atoms with Crippen LogP contribution in [0.15, 0.2) is 36.9 Å². The van der Waals surface area contributed by atoms with E-state index < -0.39 is 0 Å². The van der Waals surface area contributed by atoms with E-state index in [2.05, 4.69) is 24.8 Å². The number of nitrogens with zero attached hydrogens (tertiary/aromatic N) is 5. The standard InChI is InChI=1S/C13H15N5/c1-5-14-12(15-6-1)11-3-9-18(10-4-11)13-16-7-2-8-17-13/h1-2,5-8,11H,3-4,9-10H2. The summed E-state index contributed by atoms with van der Waals surface area (Å²) in [7, 11) is 0. The topological polar surface area (TPSA) is 54.8 Å². The predicted molar refractivity (Wildman–Crippen MR) is 68.3 cm³/mol. The maximum Gasteiger partial charge on any atom is 0.225 e. The van der Waals surface area contributed by atoms with Gasteiger partial charge in [-0.05, 0) is 25.0 Å². The molecule has 0 spiro atoms. The molecule has 0 aliphatic carbocycles. The van der Waals surface area contributed by atoms with Crippen LogP contribution in [0.2, 0.25) is 0 Å². The second-order valence-corrected chi connectivity index (χ2v) is 4.42. The number of hydrogen-bond acceptors (Lipinski definition) is 5. The summed E-state index contributed by atoms with van der Waals surface area (Å²) < 4.78 is 0. The van der Waals surface area contributed by atoms with E-state index in [1.165, 1.54) is 0 Å². The van der Waals surface area contributed by atoms with Crippen LogP contribution in [0.25, 0.3) is 0 Å². The first-order valence-electron chi connectivity index (χ1n) is 6.22. The van der Waals surface area contributed by atoms with E-state index >= 15 is 0 Å². The van der Waals surface area contributed by atoms with Gasteiger partial charge in [-0.2, -0.15) is 0 Å². The van der Waals surface area contributed by atoms with Crippen molar-refractivity contribution in [3.8, 4) is 0 Å². The summed E-state index contributed by atoms with van der Waals surface area (Å²) in [6.45, 7) is 1.93. The third-order valence-electron chi connectivity index (χ3n) is 3.28. The quantitative estimate of drug-likeness (QED) is 0.800. The van der Waals surface area contributed by atoms with Gasteiger partial charge in [-0.25, -0.2) is 19.9 Å². The van der Waals surface area contributed by atoms with Crippen molar-refractivity contribution in [2.45, 2.75) is 18.8 Å². The summed E-state index contributed by atoms with van der Waals surface area (Å²) in [6, 6.07) is 3.70. The van der Waals surface area contributed by atoms with Crippen LogP contribution in [0.5, 0.6) is 0 Å². The van der Waals surface area contributed by atoms with Gasteiger partial charge >= 0.3 is 0 Å². The van der Waals surface area contributed by atoms with Gasteiger partial charge in [-0.3, -0.25) is 0 Å². The van der Waals surface area contributed by atoms with Crippen molar-refractivity contribution in [1.29, 1.82) is 0 Å². The monoisotopic (exact) mass is 241 g/mol. The van der Waals surface area contributed by atoms with Crippen molar-refractivity contribution in [2.24, 2.45) is 0 Å². The van der Waals surface area contributed by atoms with Crippen LogP contribution in [0.3, 0.4) is 0 Å². The Morgan fingerprint density at radius 3 is 2.00 bits per heavy atom. The lowest BCUT2D eigenvalue weighted by Crippen LogP contribution is -2.34. The minimum Gasteiger partial charge on any atom is -0.341 e. The molecule has 0 atom stereocenters. The lowest BCUT2D eigenvalue weighted by Gasteiger charge is -2.31. The predicted octanol–water partition coefficient (Wildman–Crippen LogP) is 1.65. The highest BCUT2D eigenvalue weighted by Crippen LogP contribution is 2.26. The zero-order chi connectivity index (χ0) is 12.2. The van der Waals surface area contributed by atoms with Gasteiger partial charge < -0.3 is 4.90 Å². The molecule has 0 aromatic carbocycles. The molecule has 18 heavy (non-hydrogen) atoms. The molecule has 1 saturated heterocycles. The molecule has 5 nitrogen and oxygen atoms in total. The number of hydrogen-bond donors (Lipinski definition) is 0. The zero-order valence-corrected chi connectivity index (χ0v) is 10.1. The fourth-order valence-electron chi connectivity index (χ4n) is 2.31. The van der Waals surface area contributed by atoms with Crippen LogP contribution in [0.1, 0.15) is 24.6 Å². The number of piperidine rings is 1. The van der Waals surface area contributed by atoms with Gasteiger partial charge in [-0.15, -0.1) is 0 Å². The Kier molecular flexibility index (Phi) is 3.12. The van der Waals surface area contributed by atoms with Gasteiger partial charge in [0.05, 0.1) is 0 Å². The minimum absolute atomic E-state index is 0.464. The van der Waals surface area contributed by atoms with Gasteiger partial charge in [-0.1, -0.05) is 0 Å². The molecule has 5 heteroatoms. The van der Waals surface area contributed by atoms with Gasteiger partial charge in [0.15, 0.2) is 0 Å².